The van der Waals surface area contributed by atoms with Crippen LogP contribution in [0.1, 0.15) is 59.8 Å². The van der Waals surface area contributed by atoms with Gasteiger partial charge in [-0.05, 0) is 40.5 Å². The third kappa shape index (κ3) is 3.32. The Morgan fingerprint density at radius 2 is 1.63 bits per heavy atom. The van der Waals surface area contributed by atoms with Gasteiger partial charge >= 0.3 is 7.12 Å². The zero-order valence-corrected chi connectivity index (χ0v) is 12.6. The lowest BCUT2D eigenvalue weighted by atomic mass is 9.86. The summed E-state index contributed by atoms with van der Waals surface area (Å²) in [5, 5.41) is 2.98. The van der Waals surface area contributed by atoms with Crippen molar-refractivity contribution in [3.8, 4) is 0 Å². The fourth-order valence-electron chi connectivity index (χ4n) is 2.74. The summed E-state index contributed by atoms with van der Waals surface area (Å²) >= 11 is 0. The first-order valence-electron chi connectivity index (χ1n) is 7.45. The van der Waals surface area contributed by atoms with E-state index < -0.39 is 0 Å². The smallest absolute Gasteiger partial charge is 0.402 e. The van der Waals surface area contributed by atoms with E-state index in [1.54, 1.807) is 0 Å². The van der Waals surface area contributed by atoms with Crippen LogP contribution < -0.4 is 5.32 Å². The highest BCUT2D eigenvalue weighted by molar-refractivity contribution is 6.46. The molecule has 1 heterocycles. The maximum atomic E-state index is 12.1. The van der Waals surface area contributed by atoms with Gasteiger partial charge in [0, 0.05) is 5.92 Å². The highest BCUT2D eigenvalue weighted by Crippen LogP contribution is 2.36. The van der Waals surface area contributed by atoms with Gasteiger partial charge in [0.15, 0.2) is 0 Å². The minimum absolute atomic E-state index is 0.161. The zero-order chi connectivity index (χ0) is 14.1. The van der Waals surface area contributed by atoms with Crippen LogP contribution in [0.25, 0.3) is 0 Å². The summed E-state index contributed by atoms with van der Waals surface area (Å²) in [4.78, 5) is 12.1. The van der Waals surface area contributed by atoms with E-state index in [0.29, 0.717) is 6.44 Å². The van der Waals surface area contributed by atoms with Crippen molar-refractivity contribution in [1.29, 1.82) is 0 Å². The van der Waals surface area contributed by atoms with Crippen LogP contribution in [-0.2, 0) is 14.1 Å². The predicted octanol–water partition coefficient (Wildman–Crippen LogP) is 2.31. The summed E-state index contributed by atoms with van der Waals surface area (Å²) in [5.41, 5.74) is -0.652. The van der Waals surface area contributed by atoms with Crippen molar-refractivity contribution in [1.82, 2.24) is 5.32 Å². The molecule has 0 aromatic rings. The van der Waals surface area contributed by atoms with Gasteiger partial charge in [0.1, 0.15) is 0 Å². The first-order valence-corrected chi connectivity index (χ1v) is 7.45. The Balaban J connectivity index is 1.79. The van der Waals surface area contributed by atoms with Crippen molar-refractivity contribution in [2.45, 2.75) is 71.0 Å². The third-order valence-corrected chi connectivity index (χ3v) is 4.72. The highest BCUT2D eigenvalue weighted by atomic mass is 16.7. The number of carbonyl (C=O) groups excluding carboxylic acids is 1. The molecule has 1 amide bonds. The van der Waals surface area contributed by atoms with Crippen LogP contribution in [0.15, 0.2) is 0 Å². The molecule has 1 N–H and O–H groups in total. The van der Waals surface area contributed by atoms with Crippen LogP contribution >= 0.6 is 0 Å². The lowest BCUT2D eigenvalue weighted by Crippen LogP contribution is -2.41. The molecular formula is C14H26BNO3. The highest BCUT2D eigenvalue weighted by Gasteiger charge is 2.51. The van der Waals surface area contributed by atoms with Crippen LogP contribution in [0, 0.1) is 5.92 Å². The molecule has 1 saturated carbocycles. The summed E-state index contributed by atoms with van der Waals surface area (Å²) in [7, 11) is -0.336. The van der Waals surface area contributed by atoms with Gasteiger partial charge in [0.05, 0.1) is 17.6 Å². The van der Waals surface area contributed by atoms with Crippen LogP contribution in [0.4, 0.5) is 0 Å². The van der Waals surface area contributed by atoms with E-state index in [0.717, 1.165) is 12.8 Å². The average Bonchev–Trinajstić information content (AvgIpc) is 2.56. The van der Waals surface area contributed by atoms with Crippen molar-refractivity contribution >= 4 is 13.0 Å². The molecule has 0 spiro atoms. The quantitative estimate of drug-likeness (QED) is 0.798. The van der Waals surface area contributed by atoms with Crippen molar-refractivity contribution in [3.63, 3.8) is 0 Å². The molecule has 5 heteroatoms. The fraction of sp³-hybridized carbons (Fsp3) is 0.929. The van der Waals surface area contributed by atoms with Crippen LogP contribution in [0.5, 0.6) is 0 Å². The van der Waals surface area contributed by atoms with Gasteiger partial charge in [-0.15, -0.1) is 0 Å². The van der Waals surface area contributed by atoms with Gasteiger partial charge in [0.25, 0.3) is 0 Å². The van der Waals surface area contributed by atoms with Crippen LogP contribution in [0.3, 0.4) is 0 Å². The second-order valence-corrected chi connectivity index (χ2v) is 6.77. The molecule has 0 radical (unpaired) electrons. The molecular weight excluding hydrogens is 241 g/mol. The molecule has 0 aromatic heterocycles. The minimum Gasteiger partial charge on any atom is -0.402 e. The number of hydrogen-bond acceptors (Lipinski definition) is 3. The Labute approximate surface area is 116 Å². The van der Waals surface area contributed by atoms with E-state index in [1.165, 1.54) is 19.3 Å². The summed E-state index contributed by atoms with van der Waals surface area (Å²) in [5.74, 6) is 0.352. The summed E-state index contributed by atoms with van der Waals surface area (Å²) in [6, 6.07) is 0. The molecule has 4 nitrogen and oxygen atoms in total. The van der Waals surface area contributed by atoms with Gasteiger partial charge in [-0.2, -0.15) is 0 Å². The zero-order valence-electron chi connectivity index (χ0n) is 12.6. The molecule has 0 unspecified atom stereocenters. The maximum Gasteiger partial charge on any atom is 0.478 e. The molecule has 0 aromatic carbocycles. The first kappa shape index (κ1) is 14.9. The topological polar surface area (TPSA) is 47.6 Å². The van der Waals surface area contributed by atoms with Crippen LogP contribution in [0.2, 0.25) is 0 Å². The Morgan fingerprint density at radius 3 is 2.16 bits per heavy atom. The van der Waals surface area contributed by atoms with E-state index >= 15 is 0 Å². The number of nitrogens with one attached hydrogen (secondary N) is 1. The average molecular weight is 267 g/mol. The van der Waals surface area contributed by atoms with Crippen molar-refractivity contribution < 1.29 is 14.1 Å². The lowest BCUT2D eigenvalue weighted by Gasteiger charge is -2.32. The van der Waals surface area contributed by atoms with Gasteiger partial charge < -0.3 is 14.6 Å². The summed E-state index contributed by atoms with van der Waals surface area (Å²) in [6.45, 7) is 8.10. The monoisotopic (exact) mass is 267 g/mol. The van der Waals surface area contributed by atoms with E-state index in [9.17, 15) is 4.79 Å². The molecule has 1 saturated heterocycles. The SMILES string of the molecule is CC1(C)OB(CNC(=O)C2CCCCC2)OC1(C)C. The molecule has 2 aliphatic rings. The number of rotatable bonds is 3. The molecule has 0 atom stereocenters. The van der Waals surface area contributed by atoms with E-state index in [-0.39, 0.29) is 30.1 Å². The molecule has 2 fully saturated rings. The van der Waals surface area contributed by atoms with Crippen molar-refractivity contribution in [3.05, 3.63) is 0 Å². The molecule has 19 heavy (non-hydrogen) atoms. The minimum atomic E-state index is -0.336. The Bertz CT molecular complexity index is 322. The maximum absolute atomic E-state index is 12.1. The van der Waals surface area contributed by atoms with Crippen LogP contribution in [-0.4, -0.2) is 30.7 Å². The standard InChI is InChI=1S/C14H26BNO3/c1-13(2)14(3,4)19-15(18-13)10-16-12(17)11-8-6-5-7-9-11/h11H,5-10H2,1-4H3,(H,16,17). The second kappa shape index (κ2) is 5.45. The predicted molar refractivity (Wildman–Crippen MR) is 75.7 cm³/mol. The first-order chi connectivity index (χ1) is 8.82. The Morgan fingerprint density at radius 1 is 1.11 bits per heavy atom. The van der Waals surface area contributed by atoms with Crippen molar-refractivity contribution in [2.75, 3.05) is 6.44 Å². The number of hydrogen-bond donors (Lipinski definition) is 1. The van der Waals surface area contributed by atoms with E-state index in [2.05, 4.69) is 5.32 Å². The molecule has 2 rings (SSSR count). The normalized spacial score (nSPS) is 26.4. The number of amides is 1. The summed E-state index contributed by atoms with van der Waals surface area (Å²) in [6.07, 6.45) is 6.11. The van der Waals surface area contributed by atoms with Gasteiger partial charge in [0.2, 0.25) is 5.91 Å². The fourth-order valence-corrected chi connectivity index (χ4v) is 2.74. The molecule has 0 bridgehead atoms. The molecule has 1 aliphatic carbocycles. The lowest BCUT2D eigenvalue weighted by molar-refractivity contribution is -0.125. The van der Waals surface area contributed by atoms with Gasteiger partial charge in [-0.1, -0.05) is 19.3 Å². The number of carbonyl (C=O) groups is 1. The van der Waals surface area contributed by atoms with Gasteiger partial charge in [-0.25, -0.2) is 0 Å². The summed E-state index contributed by atoms with van der Waals surface area (Å²) < 4.78 is 11.7. The van der Waals surface area contributed by atoms with Crippen molar-refractivity contribution in [2.24, 2.45) is 5.92 Å². The van der Waals surface area contributed by atoms with E-state index in [4.69, 9.17) is 9.31 Å². The Kier molecular flexibility index (Phi) is 4.26. The molecule has 1 aliphatic heterocycles. The molecule has 108 valence electrons. The Hall–Kier alpha value is -0.545. The largest absolute Gasteiger partial charge is 0.478 e. The van der Waals surface area contributed by atoms with E-state index in [1.807, 2.05) is 27.7 Å². The second-order valence-electron chi connectivity index (χ2n) is 6.77. The van der Waals surface area contributed by atoms with Gasteiger partial charge in [-0.3, -0.25) is 4.79 Å². The third-order valence-electron chi connectivity index (χ3n) is 4.72.